The maximum absolute atomic E-state index is 10.2. The zero-order valence-electron chi connectivity index (χ0n) is 10.5. The summed E-state index contributed by atoms with van der Waals surface area (Å²) in [6, 6.07) is 0. The van der Waals surface area contributed by atoms with E-state index in [0.717, 1.165) is 19.3 Å². The number of carboxylic acids is 1. The summed E-state index contributed by atoms with van der Waals surface area (Å²) < 4.78 is 0. The molecule has 0 saturated carbocycles. The van der Waals surface area contributed by atoms with Crippen molar-refractivity contribution in [3.63, 3.8) is 0 Å². The molecule has 0 aromatic heterocycles. The second-order valence-electron chi connectivity index (χ2n) is 3.27. The van der Waals surface area contributed by atoms with E-state index in [1.54, 1.807) is 0 Å². The number of hydrogen-bond donors (Lipinski definition) is 1. The first-order valence-electron chi connectivity index (χ1n) is 5.10. The van der Waals surface area contributed by atoms with E-state index in [9.17, 15) is 4.79 Å². The Bertz CT molecular complexity index is 161. The van der Waals surface area contributed by atoms with Crippen LogP contribution in [0.2, 0.25) is 0 Å². The van der Waals surface area contributed by atoms with Crippen molar-refractivity contribution in [1.82, 2.24) is 0 Å². The molecule has 2 nitrogen and oxygen atoms in total. The summed E-state index contributed by atoms with van der Waals surface area (Å²) >= 11 is 0. The summed E-state index contributed by atoms with van der Waals surface area (Å²) in [6.07, 6.45) is 11.3. The quantitative estimate of drug-likeness (QED) is 0.370. The van der Waals surface area contributed by atoms with Crippen LogP contribution in [0, 0.1) is 0 Å². The molecule has 0 rings (SSSR count). The predicted molar refractivity (Wildman–Crippen MR) is 55.9 cm³/mol. The second kappa shape index (κ2) is 13.8. The number of hydrogen-bond acceptors (Lipinski definition) is 1. The molecule has 0 fully saturated rings. The van der Waals surface area contributed by atoms with Gasteiger partial charge in [0.25, 0.3) is 0 Å². The molecule has 3 heteroatoms. The largest absolute Gasteiger partial charge is 1.00 e. The van der Waals surface area contributed by atoms with Crippen molar-refractivity contribution >= 4 is 5.97 Å². The molecule has 0 spiro atoms. The molecule has 0 aliphatic carbocycles. The fourth-order valence-corrected chi connectivity index (χ4v) is 1.24. The minimum Gasteiger partial charge on any atom is -1.00 e. The van der Waals surface area contributed by atoms with Crippen LogP contribution in [0.5, 0.6) is 0 Å². The van der Waals surface area contributed by atoms with E-state index >= 15 is 0 Å². The van der Waals surface area contributed by atoms with E-state index < -0.39 is 5.97 Å². The van der Waals surface area contributed by atoms with Crippen LogP contribution in [0.15, 0.2) is 12.2 Å². The number of unbranched alkanes of at least 4 members (excludes halogenated alkanes) is 5. The Labute approximate surface area is 131 Å². The fourth-order valence-electron chi connectivity index (χ4n) is 1.24. The van der Waals surface area contributed by atoms with Crippen molar-refractivity contribution in [3.05, 3.63) is 12.2 Å². The third-order valence-corrected chi connectivity index (χ3v) is 2.00. The molecule has 0 bridgehead atoms. The number of allylic oxidation sites excluding steroid dienone is 2. The van der Waals surface area contributed by atoms with Gasteiger partial charge in [0, 0.05) is 6.42 Å². The van der Waals surface area contributed by atoms with Gasteiger partial charge >= 0.3 is 57.4 Å². The summed E-state index contributed by atoms with van der Waals surface area (Å²) in [5, 5.41) is 8.38. The topological polar surface area (TPSA) is 37.3 Å². The van der Waals surface area contributed by atoms with Gasteiger partial charge in [0.15, 0.2) is 0 Å². The number of carboxylic acid groups (broad SMARTS) is 1. The van der Waals surface area contributed by atoms with Gasteiger partial charge in [-0.2, -0.15) is 0 Å². The summed E-state index contributed by atoms with van der Waals surface area (Å²) in [5.74, 6) is -0.672. The van der Waals surface area contributed by atoms with E-state index in [1.165, 1.54) is 19.3 Å². The maximum atomic E-state index is 10.2. The molecule has 14 heavy (non-hydrogen) atoms. The van der Waals surface area contributed by atoms with Gasteiger partial charge in [-0.25, -0.2) is 0 Å². The first-order chi connectivity index (χ1) is 6.27. The Morgan fingerprint density at radius 1 is 1.21 bits per heavy atom. The summed E-state index contributed by atoms with van der Waals surface area (Å²) in [4.78, 5) is 10.2. The molecule has 0 heterocycles. The molecule has 78 valence electrons. The molecular formula is C11H21KO2. The minimum absolute atomic E-state index is 0. The molecule has 0 aliphatic heterocycles. The third-order valence-electron chi connectivity index (χ3n) is 2.00. The monoisotopic (exact) mass is 224 g/mol. The SMILES string of the molecule is C/C=C/CCCCCCCC(=O)O.[H-].[K+]. The smallest absolute Gasteiger partial charge is 1.00 e. The molecule has 0 aromatic carbocycles. The molecule has 0 unspecified atom stereocenters. The van der Waals surface area contributed by atoms with Crippen molar-refractivity contribution < 1.29 is 62.7 Å². The predicted octanol–water partition coefficient (Wildman–Crippen LogP) is 0.494. The van der Waals surface area contributed by atoms with Gasteiger partial charge < -0.3 is 6.53 Å². The molecule has 0 radical (unpaired) electrons. The fraction of sp³-hybridized carbons (Fsp3) is 0.727. The molecule has 0 aliphatic rings. The summed E-state index contributed by atoms with van der Waals surface area (Å²) in [7, 11) is 0. The van der Waals surface area contributed by atoms with E-state index in [2.05, 4.69) is 12.2 Å². The van der Waals surface area contributed by atoms with Crippen molar-refractivity contribution in [1.29, 1.82) is 0 Å². The van der Waals surface area contributed by atoms with E-state index in [1.807, 2.05) is 6.92 Å². The number of rotatable bonds is 8. The van der Waals surface area contributed by atoms with Crippen molar-refractivity contribution in [3.8, 4) is 0 Å². The van der Waals surface area contributed by atoms with E-state index in [4.69, 9.17) is 5.11 Å². The summed E-state index contributed by atoms with van der Waals surface area (Å²) in [5.41, 5.74) is 0. The van der Waals surface area contributed by atoms with Crippen LogP contribution >= 0.6 is 0 Å². The van der Waals surface area contributed by atoms with Crippen LogP contribution < -0.4 is 51.4 Å². The molecule has 0 saturated heterocycles. The van der Waals surface area contributed by atoms with E-state index in [-0.39, 0.29) is 52.8 Å². The van der Waals surface area contributed by atoms with Crippen LogP contribution in [0.1, 0.15) is 53.3 Å². The molecule has 1 N–H and O–H groups in total. The standard InChI is InChI=1S/C11H20O2.K.H/c1-2-3-4-5-6-7-8-9-10-11(12)13;;/h2-3H,4-10H2,1H3,(H,12,13);;/q;+1;-1/b3-2+;;. The maximum Gasteiger partial charge on any atom is 1.00 e. The van der Waals surface area contributed by atoms with Crippen molar-refractivity contribution in [2.45, 2.75) is 51.9 Å². The zero-order valence-corrected chi connectivity index (χ0v) is 12.6. The molecule has 0 aromatic rings. The van der Waals surface area contributed by atoms with Crippen LogP contribution in [0.3, 0.4) is 0 Å². The van der Waals surface area contributed by atoms with Gasteiger partial charge in [0.2, 0.25) is 0 Å². The second-order valence-corrected chi connectivity index (χ2v) is 3.27. The Kier molecular flexibility index (Phi) is 17.1. The minimum atomic E-state index is -0.672. The number of aliphatic carboxylic acids is 1. The normalized spacial score (nSPS) is 10.1. The van der Waals surface area contributed by atoms with Crippen LogP contribution in [0.25, 0.3) is 0 Å². The average molecular weight is 224 g/mol. The van der Waals surface area contributed by atoms with Gasteiger partial charge in [0.05, 0.1) is 0 Å². The Morgan fingerprint density at radius 2 is 1.79 bits per heavy atom. The van der Waals surface area contributed by atoms with Gasteiger partial charge in [-0.15, -0.1) is 0 Å². The first-order valence-corrected chi connectivity index (χ1v) is 5.10. The molecule has 0 amide bonds. The van der Waals surface area contributed by atoms with Crippen molar-refractivity contribution in [2.24, 2.45) is 0 Å². The Hall–Kier alpha value is 0.846. The van der Waals surface area contributed by atoms with E-state index in [0.29, 0.717) is 6.42 Å². The van der Waals surface area contributed by atoms with Crippen LogP contribution in [0.4, 0.5) is 0 Å². The van der Waals surface area contributed by atoms with Gasteiger partial charge in [-0.1, -0.05) is 31.4 Å². The first kappa shape index (κ1) is 17.2. The summed E-state index contributed by atoms with van der Waals surface area (Å²) in [6.45, 7) is 2.03. The number of carbonyl (C=O) groups is 1. The third kappa shape index (κ3) is 15.3. The van der Waals surface area contributed by atoms with Crippen molar-refractivity contribution in [2.75, 3.05) is 0 Å². The Balaban J connectivity index is -0.000000720. The van der Waals surface area contributed by atoms with Crippen LogP contribution in [-0.2, 0) is 4.79 Å². The van der Waals surface area contributed by atoms with Gasteiger partial charge in [-0.05, 0) is 26.2 Å². The van der Waals surface area contributed by atoms with Gasteiger partial charge in [-0.3, -0.25) is 4.79 Å². The Morgan fingerprint density at radius 3 is 2.36 bits per heavy atom. The average Bonchev–Trinajstić information content (AvgIpc) is 2.09. The zero-order chi connectivity index (χ0) is 9.94. The van der Waals surface area contributed by atoms with Crippen LogP contribution in [-0.4, -0.2) is 11.1 Å². The van der Waals surface area contributed by atoms with Gasteiger partial charge in [0.1, 0.15) is 0 Å². The molecule has 0 atom stereocenters. The molecular weight excluding hydrogens is 203 g/mol.